The predicted octanol–water partition coefficient (Wildman–Crippen LogP) is 3.88. The number of benzene rings is 1. The molecule has 2 aliphatic rings. The first-order valence-electron chi connectivity index (χ1n) is 9.29. The fraction of sp³-hybridized carbons (Fsp3) is 0.571. The van der Waals surface area contributed by atoms with Crippen LogP contribution >= 0.6 is 0 Å². The number of phenols is 1. The molecule has 4 heteroatoms. The number of carbonyl (C=O) groups excluding carboxylic acids is 1. The minimum atomic E-state index is -0.429. The van der Waals surface area contributed by atoms with Crippen LogP contribution in [0.15, 0.2) is 24.8 Å². The van der Waals surface area contributed by atoms with Gasteiger partial charge in [-0.1, -0.05) is 19.9 Å². The van der Waals surface area contributed by atoms with Crippen molar-refractivity contribution in [2.75, 3.05) is 19.7 Å². The van der Waals surface area contributed by atoms with Crippen LogP contribution in [0.4, 0.5) is 0 Å². The number of rotatable bonds is 5. The minimum Gasteiger partial charge on any atom is -0.504 e. The van der Waals surface area contributed by atoms with Crippen LogP contribution in [0.2, 0.25) is 0 Å². The van der Waals surface area contributed by atoms with Gasteiger partial charge in [0.2, 0.25) is 0 Å². The molecule has 2 unspecified atom stereocenters. The van der Waals surface area contributed by atoms with Gasteiger partial charge in [0.1, 0.15) is 5.78 Å². The number of phenolic OH excluding ortho intramolecular Hbond substituents is 1. The maximum atomic E-state index is 13.0. The highest BCUT2D eigenvalue weighted by Gasteiger charge is 2.46. The second-order valence-electron chi connectivity index (χ2n) is 7.77. The molecule has 2 heterocycles. The van der Waals surface area contributed by atoms with Gasteiger partial charge in [-0.05, 0) is 48.9 Å². The molecule has 25 heavy (non-hydrogen) atoms. The summed E-state index contributed by atoms with van der Waals surface area (Å²) in [4.78, 5) is 15.5. The van der Waals surface area contributed by atoms with Gasteiger partial charge in [0, 0.05) is 25.6 Å². The molecule has 1 fully saturated rings. The van der Waals surface area contributed by atoms with Gasteiger partial charge >= 0.3 is 0 Å². The number of carbonyl (C=O) groups is 1. The van der Waals surface area contributed by atoms with Crippen molar-refractivity contribution in [3.63, 3.8) is 0 Å². The molecule has 0 amide bonds. The van der Waals surface area contributed by atoms with Crippen LogP contribution < -0.4 is 4.74 Å². The Kier molecular flexibility index (Phi) is 4.92. The number of Topliss-reactive ketones (excluding diaryl/α,β-unsaturated/α-hetero) is 1. The van der Waals surface area contributed by atoms with E-state index in [1.54, 1.807) is 0 Å². The van der Waals surface area contributed by atoms with Crippen LogP contribution in [0.25, 0.3) is 0 Å². The molecule has 4 nitrogen and oxygen atoms in total. The normalized spacial score (nSPS) is 26.2. The number of piperidine rings is 1. The van der Waals surface area contributed by atoms with Gasteiger partial charge in [-0.25, -0.2) is 0 Å². The second kappa shape index (κ2) is 6.83. The van der Waals surface area contributed by atoms with E-state index in [9.17, 15) is 9.90 Å². The number of fused-ring (bicyclic) bond motifs is 3. The van der Waals surface area contributed by atoms with E-state index in [2.05, 4.69) is 25.3 Å². The van der Waals surface area contributed by atoms with Crippen LogP contribution in [0.3, 0.4) is 0 Å². The molecule has 136 valence electrons. The van der Waals surface area contributed by atoms with E-state index in [0.717, 1.165) is 37.1 Å². The SMILES string of the molecule is C=CC1(CC(C)C)CN2CCc3cc(O)c(OCC)cc3C2CC1=O. The average molecular weight is 343 g/mol. The summed E-state index contributed by atoms with van der Waals surface area (Å²) in [7, 11) is 0. The van der Waals surface area contributed by atoms with E-state index in [4.69, 9.17) is 4.74 Å². The Hall–Kier alpha value is -1.81. The van der Waals surface area contributed by atoms with E-state index in [1.165, 1.54) is 0 Å². The summed E-state index contributed by atoms with van der Waals surface area (Å²) < 4.78 is 5.55. The summed E-state index contributed by atoms with van der Waals surface area (Å²) >= 11 is 0. The highest BCUT2D eigenvalue weighted by molar-refractivity contribution is 5.88. The summed E-state index contributed by atoms with van der Waals surface area (Å²) in [5.74, 6) is 1.45. The lowest BCUT2D eigenvalue weighted by atomic mass is 9.69. The summed E-state index contributed by atoms with van der Waals surface area (Å²) in [6, 6.07) is 3.82. The molecule has 2 aliphatic heterocycles. The molecule has 0 aliphatic carbocycles. The molecular weight excluding hydrogens is 314 g/mol. The summed E-state index contributed by atoms with van der Waals surface area (Å²) in [6.07, 6.45) is 4.12. The summed E-state index contributed by atoms with van der Waals surface area (Å²) in [5.41, 5.74) is 1.83. The van der Waals surface area contributed by atoms with Crippen LogP contribution in [-0.4, -0.2) is 35.5 Å². The lowest BCUT2D eigenvalue weighted by Gasteiger charge is -2.48. The number of hydrogen-bond acceptors (Lipinski definition) is 4. The first kappa shape index (κ1) is 18.0. The molecular formula is C21H29NO3. The van der Waals surface area contributed by atoms with Gasteiger partial charge in [-0.3, -0.25) is 9.69 Å². The molecule has 0 saturated carbocycles. The fourth-order valence-corrected chi connectivity index (χ4v) is 4.47. The smallest absolute Gasteiger partial charge is 0.161 e. The quantitative estimate of drug-likeness (QED) is 0.824. The average Bonchev–Trinajstić information content (AvgIpc) is 2.56. The van der Waals surface area contributed by atoms with Crippen molar-refractivity contribution >= 4 is 5.78 Å². The number of nitrogens with zero attached hydrogens (tertiary/aromatic N) is 1. The lowest BCUT2D eigenvalue weighted by Crippen LogP contribution is -2.52. The Bertz CT molecular complexity index is 682. The van der Waals surface area contributed by atoms with Crippen molar-refractivity contribution in [3.05, 3.63) is 35.9 Å². The van der Waals surface area contributed by atoms with Crippen molar-refractivity contribution < 1.29 is 14.6 Å². The van der Waals surface area contributed by atoms with Crippen molar-refractivity contribution in [2.45, 2.75) is 46.1 Å². The van der Waals surface area contributed by atoms with Gasteiger partial charge in [-0.15, -0.1) is 6.58 Å². The van der Waals surface area contributed by atoms with E-state index < -0.39 is 5.41 Å². The zero-order chi connectivity index (χ0) is 18.2. The van der Waals surface area contributed by atoms with Gasteiger partial charge in [0.25, 0.3) is 0 Å². The third-order valence-electron chi connectivity index (χ3n) is 5.57. The number of ether oxygens (including phenoxy) is 1. The Morgan fingerprint density at radius 1 is 1.48 bits per heavy atom. The van der Waals surface area contributed by atoms with Crippen molar-refractivity contribution in [2.24, 2.45) is 11.3 Å². The largest absolute Gasteiger partial charge is 0.504 e. The minimum absolute atomic E-state index is 0.0799. The maximum absolute atomic E-state index is 13.0. The third kappa shape index (κ3) is 3.20. The zero-order valence-electron chi connectivity index (χ0n) is 15.5. The summed E-state index contributed by atoms with van der Waals surface area (Å²) in [6.45, 7) is 12.4. The molecule has 0 bridgehead atoms. The van der Waals surface area contributed by atoms with Crippen molar-refractivity contribution in [1.82, 2.24) is 4.90 Å². The predicted molar refractivity (Wildman–Crippen MR) is 99.0 cm³/mol. The molecule has 3 rings (SSSR count). The second-order valence-corrected chi connectivity index (χ2v) is 7.77. The van der Waals surface area contributed by atoms with Crippen molar-refractivity contribution in [3.8, 4) is 11.5 Å². The molecule has 1 aromatic rings. The number of ketones is 1. The highest BCUT2D eigenvalue weighted by Crippen LogP contribution is 2.46. The lowest BCUT2D eigenvalue weighted by molar-refractivity contribution is -0.134. The Balaban J connectivity index is 1.94. The van der Waals surface area contributed by atoms with Gasteiger partial charge in [0.05, 0.1) is 12.0 Å². The topological polar surface area (TPSA) is 49.8 Å². The molecule has 1 N–H and O–H groups in total. The third-order valence-corrected chi connectivity index (χ3v) is 5.57. The number of aromatic hydroxyl groups is 1. The van der Waals surface area contributed by atoms with Crippen LogP contribution in [-0.2, 0) is 11.2 Å². The van der Waals surface area contributed by atoms with Gasteiger partial charge in [-0.2, -0.15) is 0 Å². The first-order valence-corrected chi connectivity index (χ1v) is 9.29. The molecule has 0 radical (unpaired) electrons. The van der Waals surface area contributed by atoms with Crippen molar-refractivity contribution in [1.29, 1.82) is 0 Å². The monoisotopic (exact) mass is 343 g/mol. The Labute approximate surface area is 150 Å². The van der Waals surface area contributed by atoms with Gasteiger partial charge < -0.3 is 9.84 Å². The summed E-state index contributed by atoms with van der Waals surface area (Å²) in [5, 5.41) is 10.1. The van der Waals surface area contributed by atoms with E-state index >= 15 is 0 Å². The Morgan fingerprint density at radius 3 is 2.88 bits per heavy atom. The van der Waals surface area contributed by atoms with Gasteiger partial charge in [0.15, 0.2) is 11.5 Å². The van der Waals surface area contributed by atoms with Crippen LogP contribution in [0.5, 0.6) is 11.5 Å². The van der Waals surface area contributed by atoms with Crippen LogP contribution in [0, 0.1) is 11.3 Å². The van der Waals surface area contributed by atoms with E-state index in [0.29, 0.717) is 24.7 Å². The Morgan fingerprint density at radius 2 is 2.24 bits per heavy atom. The molecule has 1 aromatic carbocycles. The number of hydrogen-bond donors (Lipinski definition) is 1. The maximum Gasteiger partial charge on any atom is 0.161 e. The standard InChI is InChI=1S/C21H29NO3/c1-5-21(12-14(3)4)13-22-8-7-15-9-18(23)19(25-6-2)10-16(15)17(22)11-20(21)24/h5,9-10,14,17,23H,1,6-8,11-13H2,2-4H3. The first-order chi connectivity index (χ1) is 11.9. The molecule has 0 spiro atoms. The zero-order valence-corrected chi connectivity index (χ0v) is 15.5. The highest BCUT2D eigenvalue weighted by atomic mass is 16.5. The fourth-order valence-electron chi connectivity index (χ4n) is 4.47. The molecule has 0 aromatic heterocycles. The molecule has 1 saturated heterocycles. The molecule has 2 atom stereocenters. The van der Waals surface area contributed by atoms with E-state index in [-0.39, 0.29) is 17.6 Å². The van der Waals surface area contributed by atoms with Crippen LogP contribution in [0.1, 0.15) is 50.8 Å². The van der Waals surface area contributed by atoms with E-state index in [1.807, 2.05) is 25.1 Å².